The molecule has 1 amide bonds. The van der Waals surface area contributed by atoms with Gasteiger partial charge in [0.05, 0.1) is 5.56 Å². The van der Waals surface area contributed by atoms with E-state index in [0.717, 1.165) is 68.5 Å². The molecule has 4 nitrogen and oxygen atoms in total. The minimum atomic E-state index is -4.41. The van der Waals surface area contributed by atoms with Gasteiger partial charge in [-0.1, -0.05) is 111 Å². The molecule has 1 aliphatic rings. The highest BCUT2D eigenvalue weighted by molar-refractivity contribution is 6.03. The lowest BCUT2D eigenvalue weighted by Gasteiger charge is -2.37. The number of benzene rings is 4. The summed E-state index contributed by atoms with van der Waals surface area (Å²) in [5.74, 6) is 0.344. The molecule has 0 aliphatic carbocycles. The van der Waals surface area contributed by atoms with Crippen molar-refractivity contribution in [1.29, 1.82) is 0 Å². The molecule has 0 saturated carbocycles. The first-order valence-corrected chi connectivity index (χ1v) is 16.2. The summed E-state index contributed by atoms with van der Waals surface area (Å²) >= 11 is 0. The van der Waals surface area contributed by atoms with Gasteiger partial charge in [0.15, 0.2) is 5.78 Å². The molecule has 1 heterocycles. The van der Waals surface area contributed by atoms with E-state index in [1.165, 1.54) is 17.7 Å². The predicted molar refractivity (Wildman–Crippen MR) is 177 cm³/mol. The lowest BCUT2D eigenvalue weighted by atomic mass is 9.87. The second-order valence-corrected chi connectivity index (χ2v) is 12.1. The minimum Gasteiger partial charge on any atom is -0.354 e. The van der Waals surface area contributed by atoms with E-state index in [9.17, 15) is 22.8 Å². The van der Waals surface area contributed by atoms with Crippen molar-refractivity contribution in [3.63, 3.8) is 0 Å². The van der Waals surface area contributed by atoms with Gasteiger partial charge in [-0.25, -0.2) is 0 Å². The largest absolute Gasteiger partial charge is 0.416 e. The lowest BCUT2D eigenvalue weighted by molar-refractivity contribution is -0.137. The van der Waals surface area contributed by atoms with Gasteiger partial charge in [-0.05, 0) is 78.2 Å². The molecule has 5 rings (SSSR count). The van der Waals surface area contributed by atoms with Crippen LogP contribution >= 0.6 is 0 Å². The van der Waals surface area contributed by atoms with Crippen molar-refractivity contribution in [2.24, 2.45) is 0 Å². The van der Waals surface area contributed by atoms with Gasteiger partial charge in [-0.3, -0.25) is 14.5 Å². The normalized spacial score (nSPS) is 15.0. The van der Waals surface area contributed by atoms with Gasteiger partial charge in [-0.2, -0.15) is 13.2 Å². The van der Waals surface area contributed by atoms with Crippen LogP contribution in [0.1, 0.15) is 83.6 Å². The summed E-state index contributed by atoms with van der Waals surface area (Å²) in [6.07, 6.45) is 0.858. The molecule has 7 heteroatoms. The van der Waals surface area contributed by atoms with Crippen molar-refractivity contribution in [2.45, 2.75) is 63.6 Å². The number of hydrogen-bond donors (Lipinski definition) is 1. The maximum absolute atomic E-state index is 13.4. The van der Waals surface area contributed by atoms with Crippen molar-refractivity contribution < 1.29 is 22.8 Å². The van der Waals surface area contributed by atoms with Gasteiger partial charge in [0.1, 0.15) is 6.04 Å². The molecule has 0 spiro atoms. The standard InChI is InChI=1S/C39H41F3N2O2/c1-2-3-9-24-43-38(46)37(32-10-5-4-6-11-32)44-25-22-30(23-26-44)29-16-14-28(15-17-29)27-36(45)35-13-8-7-12-34(35)31-18-20-33(21-19-31)39(40,41)42/h4-8,10-21,30,37H,2-3,9,22-27H2,1H3,(H,43,46). The third-order valence-corrected chi connectivity index (χ3v) is 8.90. The molecular formula is C39H41F3N2O2. The van der Waals surface area contributed by atoms with Crippen LogP contribution in [-0.4, -0.2) is 36.2 Å². The number of ketones is 1. The van der Waals surface area contributed by atoms with Crippen LogP contribution in [0.15, 0.2) is 103 Å². The number of amides is 1. The molecule has 0 bridgehead atoms. The van der Waals surface area contributed by atoms with Crippen molar-refractivity contribution in [3.8, 4) is 11.1 Å². The van der Waals surface area contributed by atoms with Crippen molar-refractivity contribution in [2.75, 3.05) is 19.6 Å². The smallest absolute Gasteiger partial charge is 0.354 e. The maximum atomic E-state index is 13.4. The van der Waals surface area contributed by atoms with Crippen LogP contribution in [0.5, 0.6) is 0 Å². The van der Waals surface area contributed by atoms with Crippen LogP contribution in [-0.2, 0) is 17.4 Å². The summed E-state index contributed by atoms with van der Waals surface area (Å²) in [6.45, 7) is 4.48. The van der Waals surface area contributed by atoms with Gasteiger partial charge in [0.2, 0.25) is 5.91 Å². The van der Waals surface area contributed by atoms with Crippen LogP contribution < -0.4 is 5.32 Å². The molecule has 1 fully saturated rings. The molecule has 4 aromatic carbocycles. The summed E-state index contributed by atoms with van der Waals surface area (Å²) in [7, 11) is 0. The Bertz CT molecular complexity index is 1580. The Morgan fingerprint density at radius 2 is 1.48 bits per heavy atom. The number of rotatable bonds is 12. The first-order valence-electron chi connectivity index (χ1n) is 16.2. The molecular weight excluding hydrogens is 585 g/mol. The number of carbonyl (C=O) groups excluding carboxylic acids is 2. The fraction of sp³-hybridized carbons (Fsp3) is 0.333. The zero-order valence-corrected chi connectivity index (χ0v) is 26.2. The van der Waals surface area contributed by atoms with Crippen molar-refractivity contribution >= 4 is 11.7 Å². The minimum absolute atomic E-state index is 0.0645. The Balaban J connectivity index is 1.21. The lowest BCUT2D eigenvalue weighted by Crippen LogP contribution is -2.44. The number of halogens is 3. The monoisotopic (exact) mass is 626 g/mol. The number of alkyl halides is 3. The van der Waals surface area contributed by atoms with E-state index in [2.05, 4.69) is 29.3 Å². The molecule has 46 heavy (non-hydrogen) atoms. The topological polar surface area (TPSA) is 49.4 Å². The number of unbranched alkanes of at least 4 members (excludes halogenated alkanes) is 2. The number of carbonyl (C=O) groups is 2. The fourth-order valence-corrected chi connectivity index (χ4v) is 6.34. The van der Waals surface area contributed by atoms with E-state index >= 15 is 0 Å². The average molecular weight is 627 g/mol. The highest BCUT2D eigenvalue weighted by Gasteiger charge is 2.32. The first kappa shape index (κ1) is 33.1. The van der Waals surface area contributed by atoms with E-state index in [-0.39, 0.29) is 24.2 Å². The van der Waals surface area contributed by atoms with Gasteiger partial charge in [-0.15, -0.1) is 0 Å². The number of likely N-dealkylation sites (tertiary alicyclic amines) is 1. The van der Waals surface area contributed by atoms with Gasteiger partial charge < -0.3 is 5.32 Å². The first-order chi connectivity index (χ1) is 22.2. The van der Waals surface area contributed by atoms with E-state index in [1.807, 2.05) is 42.5 Å². The van der Waals surface area contributed by atoms with Crippen molar-refractivity contribution in [3.05, 3.63) is 131 Å². The number of Topliss-reactive ketones (excluding diaryl/α,β-unsaturated/α-hetero) is 1. The molecule has 4 aromatic rings. The third kappa shape index (κ3) is 8.32. The summed E-state index contributed by atoms with van der Waals surface area (Å²) in [6, 6.07) is 29.9. The number of piperidine rings is 1. The Labute approximate surface area is 269 Å². The summed E-state index contributed by atoms with van der Waals surface area (Å²) < 4.78 is 39.1. The zero-order chi connectivity index (χ0) is 32.5. The number of nitrogens with one attached hydrogen (secondary N) is 1. The molecule has 0 aromatic heterocycles. The zero-order valence-electron chi connectivity index (χ0n) is 26.2. The average Bonchev–Trinajstić information content (AvgIpc) is 3.08. The summed E-state index contributed by atoms with van der Waals surface area (Å²) in [4.78, 5) is 29.0. The third-order valence-electron chi connectivity index (χ3n) is 8.90. The number of hydrogen-bond acceptors (Lipinski definition) is 3. The molecule has 1 unspecified atom stereocenters. The molecule has 240 valence electrons. The quantitative estimate of drug-likeness (QED) is 0.126. The summed E-state index contributed by atoms with van der Waals surface area (Å²) in [5.41, 5.74) is 4.09. The van der Waals surface area contributed by atoms with Crippen LogP contribution in [0.25, 0.3) is 11.1 Å². The molecule has 1 saturated heterocycles. The Hall–Kier alpha value is -4.23. The second-order valence-electron chi connectivity index (χ2n) is 12.1. The Morgan fingerprint density at radius 3 is 2.13 bits per heavy atom. The second kappa shape index (κ2) is 15.4. The van der Waals surface area contributed by atoms with Gasteiger partial charge >= 0.3 is 6.18 Å². The van der Waals surface area contributed by atoms with E-state index < -0.39 is 11.7 Å². The van der Waals surface area contributed by atoms with Crippen LogP contribution in [0.4, 0.5) is 13.2 Å². The Morgan fingerprint density at radius 1 is 0.826 bits per heavy atom. The highest BCUT2D eigenvalue weighted by Crippen LogP contribution is 2.34. The highest BCUT2D eigenvalue weighted by atomic mass is 19.4. The predicted octanol–water partition coefficient (Wildman–Crippen LogP) is 9.02. The van der Waals surface area contributed by atoms with E-state index in [4.69, 9.17) is 0 Å². The SMILES string of the molecule is CCCCCNC(=O)C(c1ccccc1)N1CCC(c2ccc(CC(=O)c3ccccc3-c3ccc(C(F)(F)F)cc3)cc2)CC1. The van der Waals surface area contributed by atoms with Crippen molar-refractivity contribution in [1.82, 2.24) is 10.2 Å². The van der Waals surface area contributed by atoms with Crippen LogP contribution in [0, 0.1) is 0 Å². The fourth-order valence-electron chi connectivity index (χ4n) is 6.34. The van der Waals surface area contributed by atoms with E-state index in [1.54, 1.807) is 24.3 Å². The Kier molecular flexibility index (Phi) is 11.1. The molecule has 1 aliphatic heterocycles. The molecule has 0 radical (unpaired) electrons. The van der Waals surface area contributed by atoms with Gasteiger partial charge in [0, 0.05) is 18.5 Å². The number of nitrogens with zero attached hydrogens (tertiary/aromatic N) is 1. The van der Waals surface area contributed by atoms with Crippen LogP contribution in [0.3, 0.4) is 0 Å². The summed E-state index contributed by atoms with van der Waals surface area (Å²) in [5, 5.41) is 3.16. The maximum Gasteiger partial charge on any atom is 0.416 e. The van der Waals surface area contributed by atoms with Crippen LogP contribution in [0.2, 0.25) is 0 Å². The van der Waals surface area contributed by atoms with Gasteiger partial charge in [0.25, 0.3) is 0 Å². The molecule has 1 N–H and O–H groups in total. The molecule has 1 atom stereocenters. The van der Waals surface area contributed by atoms with E-state index in [0.29, 0.717) is 29.2 Å².